The molecule has 1 aliphatic carbocycles. The summed E-state index contributed by atoms with van der Waals surface area (Å²) in [5, 5.41) is 10.9. The van der Waals surface area contributed by atoms with Crippen LogP contribution in [-0.2, 0) is 9.53 Å². The van der Waals surface area contributed by atoms with E-state index < -0.39 is 5.60 Å². The summed E-state index contributed by atoms with van der Waals surface area (Å²) >= 11 is 0. The summed E-state index contributed by atoms with van der Waals surface area (Å²) in [6, 6.07) is 0. The highest BCUT2D eigenvalue weighted by atomic mass is 16.5. The smallest absolute Gasteiger partial charge is 0.312 e. The number of hydrogen-bond donors (Lipinski definition) is 1. The van der Waals surface area contributed by atoms with Crippen LogP contribution in [0.25, 0.3) is 0 Å². The summed E-state index contributed by atoms with van der Waals surface area (Å²) in [6.45, 7) is 8.40. The molecule has 0 aromatic carbocycles. The second-order valence-electron chi connectivity index (χ2n) is 6.31. The average Bonchev–Trinajstić information content (AvgIpc) is 2.32. The first-order valence-electron chi connectivity index (χ1n) is 7.83. The maximum absolute atomic E-state index is 12.1. The fourth-order valence-corrected chi connectivity index (χ4v) is 3.53. The van der Waals surface area contributed by atoms with Gasteiger partial charge in [-0.15, -0.1) is 0 Å². The molecule has 1 aliphatic rings. The van der Waals surface area contributed by atoms with E-state index in [4.69, 9.17) is 4.74 Å². The zero-order valence-corrected chi connectivity index (χ0v) is 12.9. The predicted octanol–water partition coefficient (Wildman–Crippen LogP) is 3.54. The lowest BCUT2D eigenvalue weighted by molar-refractivity contribution is -0.166. The summed E-state index contributed by atoms with van der Waals surface area (Å²) in [6.07, 6.45) is 5.98. The van der Waals surface area contributed by atoms with Gasteiger partial charge in [-0.05, 0) is 44.4 Å². The molecule has 0 spiro atoms. The monoisotopic (exact) mass is 270 g/mol. The minimum atomic E-state index is -0.856. The molecule has 1 fully saturated rings. The number of carbonyl (C=O) groups excluding carboxylic acids is 1. The summed E-state index contributed by atoms with van der Waals surface area (Å²) in [7, 11) is 0. The molecule has 0 aromatic heterocycles. The van der Waals surface area contributed by atoms with Crippen LogP contribution in [0.5, 0.6) is 0 Å². The van der Waals surface area contributed by atoms with Crippen LogP contribution in [0, 0.1) is 17.8 Å². The summed E-state index contributed by atoms with van der Waals surface area (Å²) in [5.74, 6) is 0.232. The number of aliphatic hydroxyl groups is 1. The number of hydrogen-bond acceptors (Lipinski definition) is 3. The third-order valence-corrected chi connectivity index (χ3v) is 4.45. The van der Waals surface area contributed by atoms with Gasteiger partial charge in [0.25, 0.3) is 0 Å². The van der Waals surface area contributed by atoms with Crippen molar-refractivity contribution in [3.8, 4) is 0 Å². The van der Waals surface area contributed by atoms with Gasteiger partial charge >= 0.3 is 5.97 Å². The molecule has 1 unspecified atom stereocenters. The molecule has 1 saturated carbocycles. The molecule has 1 rings (SSSR count). The highest BCUT2D eigenvalue weighted by Crippen LogP contribution is 2.41. The quantitative estimate of drug-likeness (QED) is 0.751. The zero-order chi connectivity index (χ0) is 14.5. The van der Waals surface area contributed by atoms with Gasteiger partial charge in [-0.2, -0.15) is 0 Å². The zero-order valence-electron chi connectivity index (χ0n) is 12.9. The molecular formula is C16H30O3. The van der Waals surface area contributed by atoms with Crippen LogP contribution >= 0.6 is 0 Å². The SMILES string of the molecule is CCCC1CCC(O)(C(C(=O)OCC)C(C)C)CC1. The van der Waals surface area contributed by atoms with Crippen LogP contribution in [0.1, 0.15) is 66.2 Å². The normalized spacial score (nSPS) is 29.3. The van der Waals surface area contributed by atoms with E-state index in [-0.39, 0.29) is 17.8 Å². The second kappa shape index (κ2) is 7.28. The van der Waals surface area contributed by atoms with Crippen molar-refractivity contribution in [3.63, 3.8) is 0 Å². The van der Waals surface area contributed by atoms with Crippen LogP contribution in [-0.4, -0.2) is 23.3 Å². The van der Waals surface area contributed by atoms with Gasteiger partial charge < -0.3 is 9.84 Å². The molecule has 0 amide bonds. The van der Waals surface area contributed by atoms with Gasteiger partial charge in [0.2, 0.25) is 0 Å². The van der Waals surface area contributed by atoms with E-state index in [2.05, 4.69) is 6.92 Å². The van der Waals surface area contributed by atoms with Crippen LogP contribution in [0.15, 0.2) is 0 Å². The third-order valence-electron chi connectivity index (χ3n) is 4.45. The maximum atomic E-state index is 12.1. The van der Waals surface area contributed by atoms with E-state index in [0.717, 1.165) is 31.6 Å². The first kappa shape index (κ1) is 16.5. The molecule has 0 aromatic rings. The van der Waals surface area contributed by atoms with Crippen molar-refractivity contribution in [2.45, 2.75) is 71.8 Å². The summed E-state index contributed by atoms with van der Waals surface area (Å²) in [4.78, 5) is 12.1. The largest absolute Gasteiger partial charge is 0.466 e. The molecule has 0 aliphatic heterocycles. The standard InChI is InChI=1S/C16H30O3/c1-5-7-13-8-10-16(18,11-9-13)14(12(3)4)15(17)19-6-2/h12-14,18H,5-11H2,1-4H3. The Kier molecular flexibility index (Phi) is 6.31. The Balaban J connectivity index is 2.71. The third kappa shape index (κ3) is 4.20. The Hall–Kier alpha value is -0.570. The maximum Gasteiger partial charge on any atom is 0.312 e. The summed E-state index contributed by atoms with van der Waals surface area (Å²) < 4.78 is 5.16. The van der Waals surface area contributed by atoms with Gasteiger partial charge in [-0.3, -0.25) is 4.79 Å². The Labute approximate surface area is 117 Å². The molecule has 1 atom stereocenters. The van der Waals surface area contributed by atoms with Crippen LogP contribution in [0.4, 0.5) is 0 Å². The molecule has 19 heavy (non-hydrogen) atoms. The van der Waals surface area contributed by atoms with Crippen molar-refractivity contribution in [1.29, 1.82) is 0 Å². The lowest BCUT2D eigenvalue weighted by Gasteiger charge is -2.42. The molecule has 1 N–H and O–H groups in total. The van der Waals surface area contributed by atoms with Crippen LogP contribution < -0.4 is 0 Å². The molecule has 112 valence electrons. The van der Waals surface area contributed by atoms with Crippen LogP contribution in [0.2, 0.25) is 0 Å². The molecule has 0 saturated heterocycles. The van der Waals surface area contributed by atoms with E-state index in [9.17, 15) is 9.90 Å². The molecule has 0 heterocycles. The fraction of sp³-hybridized carbons (Fsp3) is 0.938. The van der Waals surface area contributed by atoms with Gasteiger partial charge in [-0.25, -0.2) is 0 Å². The number of rotatable bonds is 6. The lowest BCUT2D eigenvalue weighted by Crippen LogP contribution is -2.48. The van der Waals surface area contributed by atoms with E-state index in [1.807, 2.05) is 20.8 Å². The highest BCUT2D eigenvalue weighted by molar-refractivity contribution is 5.74. The van der Waals surface area contributed by atoms with Crippen molar-refractivity contribution in [3.05, 3.63) is 0 Å². The minimum Gasteiger partial charge on any atom is -0.466 e. The predicted molar refractivity (Wildman–Crippen MR) is 76.8 cm³/mol. The first-order chi connectivity index (χ1) is 8.94. The van der Waals surface area contributed by atoms with Gasteiger partial charge in [-0.1, -0.05) is 33.6 Å². The molecule has 3 heteroatoms. The number of esters is 1. The molecule has 3 nitrogen and oxygen atoms in total. The summed E-state index contributed by atoms with van der Waals surface area (Å²) in [5.41, 5.74) is -0.856. The van der Waals surface area contributed by atoms with Crippen molar-refractivity contribution < 1.29 is 14.6 Å². The second-order valence-corrected chi connectivity index (χ2v) is 6.31. The van der Waals surface area contributed by atoms with Gasteiger partial charge in [0.15, 0.2) is 0 Å². The average molecular weight is 270 g/mol. The number of carbonyl (C=O) groups is 1. The van der Waals surface area contributed by atoms with Crippen molar-refractivity contribution in [1.82, 2.24) is 0 Å². The highest BCUT2D eigenvalue weighted by Gasteiger charge is 2.45. The van der Waals surface area contributed by atoms with Crippen molar-refractivity contribution in [2.75, 3.05) is 6.61 Å². The Morgan fingerprint density at radius 3 is 2.32 bits per heavy atom. The Morgan fingerprint density at radius 1 is 1.32 bits per heavy atom. The van der Waals surface area contributed by atoms with E-state index in [1.165, 1.54) is 12.8 Å². The van der Waals surface area contributed by atoms with Crippen molar-refractivity contribution in [2.24, 2.45) is 17.8 Å². The fourth-order valence-electron chi connectivity index (χ4n) is 3.53. The van der Waals surface area contributed by atoms with E-state index in [1.54, 1.807) is 0 Å². The molecule has 0 bridgehead atoms. The van der Waals surface area contributed by atoms with Crippen molar-refractivity contribution >= 4 is 5.97 Å². The Bertz CT molecular complexity index is 278. The van der Waals surface area contributed by atoms with Gasteiger partial charge in [0.05, 0.1) is 18.1 Å². The Morgan fingerprint density at radius 2 is 1.89 bits per heavy atom. The lowest BCUT2D eigenvalue weighted by atomic mass is 9.68. The van der Waals surface area contributed by atoms with Gasteiger partial charge in [0.1, 0.15) is 0 Å². The molecule has 0 radical (unpaired) electrons. The topological polar surface area (TPSA) is 46.5 Å². The van der Waals surface area contributed by atoms with E-state index in [0.29, 0.717) is 6.61 Å². The van der Waals surface area contributed by atoms with Crippen LogP contribution in [0.3, 0.4) is 0 Å². The molecular weight excluding hydrogens is 240 g/mol. The first-order valence-corrected chi connectivity index (χ1v) is 7.83. The number of ether oxygens (including phenoxy) is 1. The van der Waals surface area contributed by atoms with E-state index >= 15 is 0 Å². The van der Waals surface area contributed by atoms with Gasteiger partial charge in [0, 0.05) is 0 Å². The minimum absolute atomic E-state index is 0.117.